The first-order chi connectivity index (χ1) is 9.52. The first-order valence-corrected chi connectivity index (χ1v) is 6.56. The van der Waals surface area contributed by atoms with Gasteiger partial charge in [0.15, 0.2) is 10.8 Å². The van der Waals surface area contributed by atoms with Crippen molar-refractivity contribution in [1.29, 1.82) is 0 Å². The van der Waals surface area contributed by atoms with Crippen LogP contribution in [0.25, 0.3) is 10.9 Å². The van der Waals surface area contributed by atoms with E-state index in [-0.39, 0.29) is 5.13 Å². The van der Waals surface area contributed by atoms with Crippen LogP contribution in [0.3, 0.4) is 0 Å². The molecule has 0 fully saturated rings. The van der Waals surface area contributed by atoms with E-state index in [1.807, 2.05) is 30.3 Å². The van der Waals surface area contributed by atoms with Crippen LogP contribution in [0.2, 0.25) is 0 Å². The topological polar surface area (TPSA) is 37.8 Å². The Bertz CT molecular complexity index is 752. The molecule has 20 heavy (non-hydrogen) atoms. The van der Waals surface area contributed by atoms with E-state index in [9.17, 15) is 13.2 Å². The number of halogens is 3. The molecular formula is C13H8F3N3S. The molecular weight excluding hydrogens is 287 g/mol. The monoisotopic (exact) mass is 295 g/mol. The number of benzene rings is 1. The van der Waals surface area contributed by atoms with Crippen LogP contribution in [-0.2, 0) is 6.18 Å². The highest BCUT2D eigenvalue weighted by Crippen LogP contribution is 2.32. The lowest BCUT2D eigenvalue weighted by molar-refractivity contribution is -0.140. The molecule has 0 atom stereocenters. The number of anilines is 2. The Balaban J connectivity index is 1.87. The third-order valence-corrected chi connectivity index (χ3v) is 3.39. The zero-order valence-corrected chi connectivity index (χ0v) is 10.8. The van der Waals surface area contributed by atoms with E-state index in [1.165, 1.54) is 0 Å². The molecule has 2 heterocycles. The predicted octanol–water partition coefficient (Wildman–Crippen LogP) is 4.45. The van der Waals surface area contributed by atoms with Crippen LogP contribution >= 0.6 is 11.3 Å². The molecule has 0 aliphatic carbocycles. The number of nitrogens with one attached hydrogen (secondary N) is 1. The Labute approximate surface area is 116 Å². The smallest absolute Gasteiger partial charge is 0.316 e. The van der Waals surface area contributed by atoms with Gasteiger partial charge in [-0.15, -0.1) is 11.3 Å². The first kappa shape index (κ1) is 12.9. The number of hydrogen-bond donors (Lipinski definition) is 1. The zero-order chi connectivity index (χ0) is 14.2. The molecule has 0 aliphatic rings. The van der Waals surface area contributed by atoms with Crippen LogP contribution in [0.15, 0.2) is 41.8 Å². The van der Waals surface area contributed by atoms with Crippen molar-refractivity contribution in [2.24, 2.45) is 0 Å². The fraction of sp³-hybridized carbons (Fsp3) is 0.0769. The van der Waals surface area contributed by atoms with Gasteiger partial charge in [-0.1, -0.05) is 18.2 Å². The molecule has 0 saturated carbocycles. The highest BCUT2D eigenvalue weighted by molar-refractivity contribution is 7.13. The summed E-state index contributed by atoms with van der Waals surface area (Å²) < 4.78 is 37.3. The number of alkyl halides is 3. The predicted molar refractivity (Wildman–Crippen MR) is 72.1 cm³/mol. The molecule has 3 aromatic rings. The molecule has 0 radical (unpaired) electrons. The van der Waals surface area contributed by atoms with Gasteiger partial charge in [-0.25, -0.2) is 9.97 Å². The maximum atomic E-state index is 12.4. The number of rotatable bonds is 2. The lowest BCUT2D eigenvalue weighted by Gasteiger charge is -2.04. The number of aromatic nitrogens is 2. The Morgan fingerprint density at radius 1 is 1.00 bits per heavy atom. The van der Waals surface area contributed by atoms with Gasteiger partial charge in [0.1, 0.15) is 5.82 Å². The average Bonchev–Trinajstić information content (AvgIpc) is 2.87. The summed E-state index contributed by atoms with van der Waals surface area (Å²) in [6.07, 6.45) is -4.42. The maximum absolute atomic E-state index is 12.4. The van der Waals surface area contributed by atoms with Crippen LogP contribution < -0.4 is 5.32 Å². The second-order valence-electron chi connectivity index (χ2n) is 4.05. The Morgan fingerprint density at radius 2 is 1.80 bits per heavy atom. The number of para-hydroxylation sites is 1. The number of fused-ring (bicyclic) bond motifs is 1. The van der Waals surface area contributed by atoms with Crippen LogP contribution in [0.4, 0.5) is 24.1 Å². The summed E-state index contributed by atoms with van der Waals surface area (Å²) in [5.74, 6) is 0.465. The van der Waals surface area contributed by atoms with E-state index in [0.29, 0.717) is 5.82 Å². The Morgan fingerprint density at radius 3 is 2.55 bits per heavy atom. The maximum Gasteiger partial charge on any atom is 0.434 e. The summed E-state index contributed by atoms with van der Waals surface area (Å²) in [6.45, 7) is 0. The first-order valence-electron chi connectivity index (χ1n) is 5.68. The van der Waals surface area contributed by atoms with Gasteiger partial charge in [0.25, 0.3) is 0 Å². The minimum absolute atomic E-state index is 0.167. The third kappa shape index (κ3) is 2.57. The van der Waals surface area contributed by atoms with Crippen molar-refractivity contribution >= 4 is 33.2 Å². The van der Waals surface area contributed by atoms with Crippen molar-refractivity contribution in [2.45, 2.75) is 6.18 Å². The number of nitrogens with zero attached hydrogens (tertiary/aromatic N) is 2. The molecule has 0 saturated heterocycles. The van der Waals surface area contributed by atoms with E-state index in [1.54, 1.807) is 6.07 Å². The van der Waals surface area contributed by atoms with Gasteiger partial charge in [-0.3, -0.25) is 0 Å². The average molecular weight is 295 g/mol. The molecule has 3 nitrogen and oxygen atoms in total. The summed E-state index contributed by atoms with van der Waals surface area (Å²) in [4.78, 5) is 7.82. The molecule has 7 heteroatoms. The molecule has 102 valence electrons. The van der Waals surface area contributed by atoms with E-state index in [2.05, 4.69) is 15.3 Å². The molecule has 0 amide bonds. The quantitative estimate of drug-likeness (QED) is 0.758. The van der Waals surface area contributed by atoms with Crippen molar-refractivity contribution in [3.63, 3.8) is 0 Å². The molecule has 0 aliphatic heterocycles. The van der Waals surface area contributed by atoms with Crippen LogP contribution in [0.1, 0.15) is 5.69 Å². The third-order valence-electron chi connectivity index (χ3n) is 2.63. The Kier molecular flexibility index (Phi) is 3.06. The lowest BCUT2D eigenvalue weighted by Crippen LogP contribution is -2.05. The number of thiazole rings is 1. The van der Waals surface area contributed by atoms with Crippen molar-refractivity contribution in [3.05, 3.63) is 47.5 Å². The fourth-order valence-corrected chi connectivity index (χ4v) is 2.43. The van der Waals surface area contributed by atoms with E-state index in [4.69, 9.17) is 0 Å². The summed E-state index contributed by atoms with van der Waals surface area (Å²) in [6, 6.07) is 11.1. The molecule has 1 aromatic carbocycles. The molecule has 3 rings (SSSR count). The van der Waals surface area contributed by atoms with E-state index in [0.717, 1.165) is 27.6 Å². The van der Waals surface area contributed by atoms with Crippen LogP contribution in [0, 0.1) is 0 Å². The SMILES string of the molecule is FC(F)(F)c1csc(Nc2ccc3ccccc3n2)n1. The highest BCUT2D eigenvalue weighted by atomic mass is 32.1. The summed E-state index contributed by atoms with van der Waals surface area (Å²) >= 11 is 0.894. The van der Waals surface area contributed by atoms with Crippen molar-refractivity contribution in [2.75, 3.05) is 5.32 Å². The zero-order valence-electron chi connectivity index (χ0n) is 9.98. The lowest BCUT2D eigenvalue weighted by atomic mass is 10.2. The van der Waals surface area contributed by atoms with Crippen molar-refractivity contribution in [3.8, 4) is 0 Å². The second-order valence-corrected chi connectivity index (χ2v) is 4.91. The van der Waals surface area contributed by atoms with E-state index < -0.39 is 11.9 Å². The van der Waals surface area contributed by atoms with Gasteiger partial charge in [-0.05, 0) is 18.2 Å². The number of hydrogen-bond acceptors (Lipinski definition) is 4. The highest BCUT2D eigenvalue weighted by Gasteiger charge is 2.33. The van der Waals surface area contributed by atoms with Gasteiger partial charge in [0.05, 0.1) is 5.52 Å². The number of pyridine rings is 1. The summed E-state index contributed by atoms with van der Waals surface area (Å²) in [5.41, 5.74) is -0.129. The van der Waals surface area contributed by atoms with E-state index >= 15 is 0 Å². The minimum Gasteiger partial charge on any atom is -0.316 e. The Hall–Kier alpha value is -2.15. The molecule has 0 bridgehead atoms. The minimum atomic E-state index is -4.42. The van der Waals surface area contributed by atoms with Gasteiger partial charge in [-0.2, -0.15) is 13.2 Å². The standard InChI is InChI=1S/C13H8F3N3S/c14-13(15,16)10-7-20-12(18-10)19-11-6-5-8-3-1-2-4-9(8)17-11/h1-7H,(H,17,18,19). The second kappa shape index (κ2) is 4.75. The molecule has 0 spiro atoms. The van der Waals surface area contributed by atoms with Crippen LogP contribution in [0.5, 0.6) is 0 Å². The molecule has 0 unspecified atom stereocenters. The molecule has 2 aromatic heterocycles. The normalized spacial score (nSPS) is 11.8. The van der Waals surface area contributed by atoms with Crippen molar-refractivity contribution in [1.82, 2.24) is 9.97 Å². The van der Waals surface area contributed by atoms with Gasteiger partial charge in [0, 0.05) is 10.8 Å². The fourth-order valence-electron chi connectivity index (χ4n) is 1.71. The van der Waals surface area contributed by atoms with Gasteiger partial charge in [0.2, 0.25) is 0 Å². The van der Waals surface area contributed by atoms with Crippen molar-refractivity contribution < 1.29 is 13.2 Å². The largest absolute Gasteiger partial charge is 0.434 e. The summed E-state index contributed by atoms with van der Waals surface area (Å²) in [7, 11) is 0. The van der Waals surface area contributed by atoms with Crippen LogP contribution in [-0.4, -0.2) is 9.97 Å². The summed E-state index contributed by atoms with van der Waals surface area (Å²) in [5, 5.41) is 4.89. The molecule has 1 N–H and O–H groups in total. The van der Waals surface area contributed by atoms with Gasteiger partial charge >= 0.3 is 6.18 Å². The van der Waals surface area contributed by atoms with Gasteiger partial charge < -0.3 is 5.32 Å².